The molecule has 0 saturated heterocycles. The minimum Gasteiger partial charge on any atom is -0.494 e. The number of rotatable bonds is 6. The fourth-order valence-corrected chi connectivity index (χ4v) is 3.40. The second-order valence-electron chi connectivity index (χ2n) is 6.93. The molecule has 4 aromatic rings. The number of esters is 1. The largest absolute Gasteiger partial charge is 0.494 e. The van der Waals surface area contributed by atoms with Gasteiger partial charge in [-0.05, 0) is 31.2 Å². The number of aromatic amines is 1. The number of nitrogens with zero attached hydrogens (tertiary/aromatic N) is 2. The third kappa shape index (κ3) is 4.06. The maximum absolute atomic E-state index is 12.1. The molecule has 8 nitrogen and oxygen atoms in total. The Kier molecular flexibility index (Phi) is 5.67. The molecular formula is C24H19N3O5. The number of aromatic nitrogens is 1. The molecule has 1 heterocycles. The molecule has 32 heavy (non-hydrogen) atoms. The zero-order valence-corrected chi connectivity index (χ0v) is 17.1. The Balaban J connectivity index is 1.87. The Labute approximate surface area is 183 Å². The fourth-order valence-electron chi connectivity index (χ4n) is 3.40. The van der Waals surface area contributed by atoms with Crippen LogP contribution in [0.2, 0.25) is 0 Å². The number of H-pyrrole nitrogens is 1. The van der Waals surface area contributed by atoms with E-state index in [9.17, 15) is 20.0 Å². The number of non-ortho nitro benzene ring substituents is 1. The third-order valence-electron chi connectivity index (χ3n) is 4.88. The molecule has 0 spiro atoms. The van der Waals surface area contributed by atoms with Crippen LogP contribution in [0.5, 0.6) is 5.88 Å². The predicted octanol–water partition coefficient (Wildman–Crippen LogP) is 5.13. The van der Waals surface area contributed by atoms with Crippen molar-refractivity contribution in [2.45, 2.75) is 6.92 Å². The quantitative estimate of drug-likeness (QED) is 0.191. The fraction of sp³-hybridized carbons (Fsp3) is 0.0833. The third-order valence-corrected chi connectivity index (χ3v) is 4.88. The van der Waals surface area contributed by atoms with E-state index in [0.29, 0.717) is 33.4 Å². The van der Waals surface area contributed by atoms with Gasteiger partial charge in [-0.15, -0.1) is 0 Å². The van der Waals surface area contributed by atoms with Gasteiger partial charge in [-0.3, -0.25) is 10.1 Å². The number of aromatic hydroxyl groups is 1. The van der Waals surface area contributed by atoms with Gasteiger partial charge in [0.25, 0.3) is 5.69 Å². The standard InChI is InChI=1S/C24H19N3O5/c1-2-32-24(29)16-8-13-19-20(14-16)26-23(28)21(19)22(15-6-4-3-5-7-15)25-17-9-11-18(12-10-17)27(30)31/h3-14,26,28H,2H2,1H3. The monoisotopic (exact) mass is 429 g/mol. The first-order chi connectivity index (χ1) is 15.5. The van der Waals surface area contributed by atoms with Gasteiger partial charge >= 0.3 is 5.97 Å². The van der Waals surface area contributed by atoms with E-state index >= 15 is 0 Å². The zero-order valence-electron chi connectivity index (χ0n) is 17.1. The molecule has 0 fully saturated rings. The van der Waals surface area contributed by atoms with Crippen LogP contribution in [0.3, 0.4) is 0 Å². The molecular weight excluding hydrogens is 410 g/mol. The molecule has 0 radical (unpaired) electrons. The van der Waals surface area contributed by atoms with Crippen molar-refractivity contribution in [3.05, 3.63) is 99.6 Å². The molecule has 0 saturated carbocycles. The van der Waals surface area contributed by atoms with Crippen molar-refractivity contribution >= 4 is 34.0 Å². The molecule has 0 aliphatic heterocycles. The number of nitro benzene ring substituents is 1. The average Bonchev–Trinajstić information content (AvgIpc) is 3.13. The number of ether oxygens (including phenoxy) is 1. The van der Waals surface area contributed by atoms with Crippen LogP contribution in [0, 0.1) is 10.1 Å². The van der Waals surface area contributed by atoms with E-state index in [-0.39, 0.29) is 18.2 Å². The second kappa shape index (κ2) is 8.73. The molecule has 2 N–H and O–H groups in total. The SMILES string of the molecule is CCOC(=O)c1ccc2c(C(=Nc3ccc([N+](=O)[O-])cc3)c3ccccc3)c(O)[nH]c2c1. The number of hydrogen-bond acceptors (Lipinski definition) is 6. The van der Waals surface area contributed by atoms with E-state index < -0.39 is 10.9 Å². The number of nitro groups is 1. The first kappa shape index (κ1) is 20.8. The summed E-state index contributed by atoms with van der Waals surface area (Å²) >= 11 is 0. The zero-order chi connectivity index (χ0) is 22.7. The number of carbonyl (C=O) groups excluding carboxylic acids is 1. The lowest BCUT2D eigenvalue weighted by molar-refractivity contribution is -0.384. The predicted molar refractivity (Wildman–Crippen MR) is 121 cm³/mol. The Hall–Kier alpha value is -4.46. The van der Waals surface area contributed by atoms with Crippen molar-refractivity contribution < 1.29 is 19.6 Å². The summed E-state index contributed by atoms with van der Waals surface area (Å²) in [4.78, 5) is 30.2. The molecule has 0 atom stereocenters. The number of fused-ring (bicyclic) bond motifs is 1. The first-order valence-electron chi connectivity index (χ1n) is 9.88. The summed E-state index contributed by atoms with van der Waals surface area (Å²) in [6.07, 6.45) is 0. The molecule has 1 aromatic heterocycles. The van der Waals surface area contributed by atoms with Crippen LogP contribution in [-0.2, 0) is 4.74 Å². The van der Waals surface area contributed by atoms with Crippen molar-refractivity contribution in [1.29, 1.82) is 0 Å². The van der Waals surface area contributed by atoms with Crippen LogP contribution in [0.25, 0.3) is 10.9 Å². The minimum absolute atomic E-state index is 0.0355. The van der Waals surface area contributed by atoms with Gasteiger partial charge in [0.1, 0.15) is 0 Å². The molecule has 3 aromatic carbocycles. The van der Waals surface area contributed by atoms with Crippen molar-refractivity contribution in [2.75, 3.05) is 6.61 Å². The molecule has 0 aliphatic rings. The molecule has 8 heteroatoms. The van der Waals surface area contributed by atoms with Gasteiger partial charge in [-0.25, -0.2) is 9.79 Å². The maximum atomic E-state index is 12.1. The highest BCUT2D eigenvalue weighted by molar-refractivity contribution is 6.22. The van der Waals surface area contributed by atoms with Crippen molar-refractivity contribution in [3.8, 4) is 5.88 Å². The van der Waals surface area contributed by atoms with Gasteiger partial charge in [0.15, 0.2) is 5.88 Å². The second-order valence-corrected chi connectivity index (χ2v) is 6.93. The van der Waals surface area contributed by atoms with Gasteiger partial charge in [0.2, 0.25) is 0 Å². The summed E-state index contributed by atoms with van der Waals surface area (Å²) in [6.45, 7) is 1.99. The normalized spacial score (nSPS) is 11.5. The molecule has 0 amide bonds. The van der Waals surface area contributed by atoms with Gasteiger partial charge in [0, 0.05) is 28.6 Å². The van der Waals surface area contributed by atoms with E-state index in [1.54, 1.807) is 37.3 Å². The van der Waals surface area contributed by atoms with Crippen LogP contribution in [0.15, 0.2) is 77.8 Å². The van der Waals surface area contributed by atoms with Crippen molar-refractivity contribution in [3.63, 3.8) is 0 Å². The Morgan fingerprint density at radius 1 is 1.06 bits per heavy atom. The lowest BCUT2D eigenvalue weighted by Crippen LogP contribution is -2.05. The topological polar surface area (TPSA) is 118 Å². The van der Waals surface area contributed by atoms with E-state index in [2.05, 4.69) is 4.98 Å². The van der Waals surface area contributed by atoms with Crippen LogP contribution < -0.4 is 0 Å². The Morgan fingerprint density at radius 2 is 1.78 bits per heavy atom. The summed E-state index contributed by atoms with van der Waals surface area (Å²) in [7, 11) is 0. The van der Waals surface area contributed by atoms with E-state index in [1.807, 2.05) is 30.3 Å². The van der Waals surface area contributed by atoms with Crippen LogP contribution in [0.1, 0.15) is 28.4 Å². The first-order valence-corrected chi connectivity index (χ1v) is 9.88. The molecule has 0 aliphatic carbocycles. The smallest absolute Gasteiger partial charge is 0.338 e. The lowest BCUT2D eigenvalue weighted by atomic mass is 10.00. The number of carbonyl (C=O) groups is 1. The Bertz CT molecular complexity index is 1330. The summed E-state index contributed by atoms with van der Waals surface area (Å²) in [5.74, 6) is -0.557. The molecule has 4 rings (SSSR count). The van der Waals surface area contributed by atoms with Crippen molar-refractivity contribution in [1.82, 2.24) is 4.98 Å². The number of benzene rings is 3. The number of hydrogen-bond donors (Lipinski definition) is 2. The van der Waals surface area contributed by atoms with Gasteiger partial charge in [-0.2, -0.15) is 0 Å². The van der Waals surface area contributed by atoms with E-state index in [0.717, 1.165) is 5.56 Å². The van der Waals surface area contributed by atoms with Crippen LogP contribution in [-0.4, -0.2) is 33.3 Å². The number of aliphatic imine (C=N–C) groups is 1. The van der Waals surface area contributed by atoms with Crippen LogP contribution >= 0.6 is 0 Å². The highest BCUT2D eigenvalue weighted by atomic mass is 16.6. The summed E-state index contributed by atoms with van der Waals surface area (Å²) in [5.41, 5.74) is 3.05. The minimum atomic E-state index is -0.474. The van der Waals surface area contributed by atoms with Crippen LogP contribution in [0.4, 0.5) is 11.4 Å². The highest BCUT2D eigenvalue weighted by Crippen LogP contribution is 2.32. The lowest BCUT2D eigenvalue weighted by Gasteiger charge is -2.08. The van der Waals surface area contributed by atoms with Gasteiger partial charge in [0.05, 0.1) is 34.1 Å². The maximum Gasteiger partial charge on any atom is 0.338 e. The van der Waals surface area contributed by atoms with Crippen molar-refractivity contribution in [2.24, 2.45) is 4.99 Å². The Morgan fingerprint density at radius 3 is 2.44 bits per heavy atom. The summed E-state index contributed by atoms with van der Waals surface area (Å²) < 4.78 is 5.05. The molecule has 160 valence electrons. The van der Waals surface area contributed by atoms with E-state index in [4.69, 9.17) is 9.73 Å². The molecule has 0 bridgehead atoms. The summed E-state index contributed by atoms with van der Waals surface area (Å²) in [6, 6.07) is 20.1. The summed E-state index contributed by atoms with van der Waals surface area (Å²) in [5, 5.41) is 22.4. The van der Waals surface area contributed by atoms with Gasteiger partial charge < -0.3 is 14.8 Å². The van der Waals surface area contributed by atoms with E-state index in [1.165, 1.54) is 12.1 Å². The average molecular weight is 429 g/mol. The molecule has 0 unspecified atom stereocenters. The highest BCUT2D eigenvalue weighted by Gasteiger charge is 2.20. The number of nitrogens with one attached hydrogen (secondary N) is 1. The van der Waals surface area contributed by atoms with Gasteiger partial charge in [-0.1, -0.05) is 36.4 Å².